The van der Waals surface area contributed by atoms with Crippen molar-refractivity contribution in [3.8, 4) is 0 Å². The smallest absolute Gasteiger partial charge is 0.312 e. The second-order valence-electron chi connectivity index (χ2n) is 3.98. The minimum Gasteiger partial charge on any atom is -0.481 e. The van der Waals surface area contributed by atoms with Gasteiger partial charge in [-0.1, -0.05) is 30.3 Å². The first kappa shape index (κ1) is 12.7. The Balaban J connectivity index is 2.22. The molecule has 19 heavy (non-hydrogen) atoms. The Morgan fingerprint density at radius 2 is 2.11 bits per heavy atom. The Morgan fingerprint density at radius 1 is 1.42 bits per heavy atom. The first-order chi connectivity index (χ1) is 9.08. The Labute approximate surface area is 108 Å². The number of carboxylic acid groups (broad SMARTS) is 1. The summed E-state index contributed by atoms with van der Waals surface area (Å²) in [6.45, 7) is 0.0488. The monoisotopic (exact) mass is 261 g/mol. The van der Waals surface area contributed by atoms with Crippen LogP contribution >= 0.6 is 0 Å². The summed E-state index contributed by atoms with van der Waals surface area (Å²) < 4.78 is 1.27. The van der Waals surface area contributed by atoms with Gasteiger partial charge in [-0.25, -0.2) is 0 Å². The zero-order chi connectivity index (χ0) is 13.8. The molecule has 1 unspecified atom stereocenters. The van der Waals surface area contributed by atoms with E-state index in [0.29, 0.717) is 5.56 Å². The van der Waals surface area contributed by atoms with Gasteiger partial charge in [0.15, 0.2) is 0 Å². The maximum atomic E-state index is 11.3. The summed E-state index contributed by atoms with van der Waals surface area (Å²) in [7, 11) is 0. The molecule has 0 aliphatic heterocycles. The molecule has 0 bridgehead atoms. The van der Waals surface area contributed by atoms with Crippen molar-refractivity contribution < 1.29 is 14.8 Å². The van der Waals surface area contributed by atoms with E-state index >= 15 is 0 Å². The SMILES string of the molecule is O=C(O)C(Cn1cc([N+](=O)[O-])cn1)c1ccccc1. The lowest BCUT2D eigenvalue weighted by Gasteiger charge is -2.12. The maximum Gasteiger partial charge on any atom is 0.312 e. The van der Waals surface area contributed by atoms with Crippen molar-refractivity contribution in [2.24, 2.45) is 0 Å². The van der Waals surface area contributed by atoms with Gasteiger partial charge in [-0.05, 0) is 5.56 Å². The lowest BCUT2D eigenvalue weighted by molar-refractivity contribution is -0.385. The van der Waals surface area contributed by atoms with E-state index in [1.807, 2.05) is 0 Å². The molecule has 1 aromatic carbocycles. The summed E-state index contributed by atoms with van der Waals surface area (Å²) in [5.74, 6) is -1.79. The number of carboxylic acids is 1. The van der Waals surface area contributed by atoms with Crippen LogP contribution in [0.25, 0.3) is 0 Å². The fourth-order valence-corrected chi connectivity index (χ4v) is 1.75. The number of benzene rings is 1. The summed E-state index contributed by atoms with van der Waals surface area (Å²) in [4.78, 5) is 21.2. The summed E-state index contributed by atoms with van der Waals surface area (Å²) in [5.41, 5.74) is 0.477. The van der Waals surface area contributed by atoms with Crippen molar-refractivity contribution >= 4 is 11.7 Å². The molecule has 98 valence electrons. The second-order valence-corrected chi connectivity index (χ2v) is 3.98. The predicted molar refractivity (Wildman–Crippen MR) is 65.7 cm³/mol. The number of rotatable bonds is 5. The minimum absolute atomic E-state index is 0.0488. The number of nitro groups is 1. The summed E-state index contributed by atoms with van der Waals surface area (Å²) in [6.07, 6.45) is 2.32. The van der Waals surface area contributed by atoms with Crippen LogP contribution in [-0.2, 0) is 11.3 Å². The number of nitrogens with zero attached hydrogens (tertiary/aromatic N) is 3. The van der Waals surface area contributed by atoms with Crippen LogP contribution in [0.3, 0.4) is 0 Å². The molecular weight excluding hydrogens is 250 g/mol. The molecule has 2 rings (SSSR count). The van der Waals surface area contributed by atoms with E-state index in [0.717, 1.165) is 6.20 Å². The van der Waals surface area contributed by atoms with Crippen LogP contribution in [0.15, 0.2) is 42.7 Å². The van der Waals surface area contributed by atoms with E-state index in [1.54, 1.807) is 30.3 Å². The van der Waals surface area contributed by atoms with Crippen LogP contribution in [0.1, 0.15) is 11.5 Å². The summed E-state index contributed by atoms with van der Waals surface area (Å²) in [6, 6.07) is 8.70. The van der Waals surface area contributed by atoms with Crippen molar-refractivity contribution in [2.45, 2.75) is 12.5 Å². The molecule has 1 heterocycles. The van der Waals surface area contributed by atoms with E-state index < -0.39 is 16.8 Å². The molecule has 0 aliphatic carbocycles. The molecule has 0 aliphatic rings. The van der Waals surface area contributed by atoms with Gasteiger partial charge in [0.05, 0.1) is 11.5 Å². The highest BCUT2D eigenvalue weighted by molar-refractivity contribution is 5.75. The fraction of sp³-hybridized carbons (Fsp3) is 0.167. The van der Waals surface area contributed by atoms with Crippen LogP contribution in [-0.4, -0.2) is 25.8 Å². The molecule has 7 heteroatoms. The minimum atomic E-state index is -0.996. The molecule has 1 N–H and O–H groups in total. The van der Waals surface area contributed by atoms with Gasteiger partial charge in [-0.15, -0.1) is 0 Å². The third-order valence-corrected chi connectivity index (χ3v) is 2.70. The van der Waals surface area contributed by atoms with Crippen molar-refractivity contribution in [1.29, 1.82) is 0 Å². The van der Waals surface area contributed by atoms with Gasteiger partial charge < -0.3 is 5.11 Å². The highest BCUT2D eigenvalue weighted by Crippen LogP contribution is 2.19. The summed E-state index contributed by atoms with van der Waals surface area (Å²) in [5, 5.41) is 23.6. The van der Waals surface area contributed by atoms with Gasteiger partial charge >= 0.3 is 11.7 Å². The standard InChI is InChI=1S/C12H11N3O4/c16-12(17)11(9-4-2-1-3-5-9)8-14-7-10(6-13-14)15(18)19/h1-7,11H,8H2,(H,16,17). The molecule has 0 fully saturated rings. The number of hydrogen-bond acceptors (Lipinski definition) is 4. The largest absolute Gasteiger partial charge is 0.481 e. The van der Waals surface area contributed by atoms with Crippen LogP contribution in [0.4, 0.5) is 5.69 Å². The van der Waals surface area contributed by atoms with Gasteiger partial charge in [-0.3, -0.25) is 19.6 Å². The molecule has 0 spiro atoms. The Morgan fingerprint density at radius 3 is 2.63 bits per heavy atom. The van der Waals surface area contributed by atoms with Crippen molar-refractivity contribution in [1.82, 2.24) is 9.78 Å². The van der Waals surface area contributed by atoms with E-state index in [9.17, 15) is 20.0 Å². The molecule has 7 nitrogen and oxygen atoms in total. The zero-order valence-corrected chi connectivity index (χ0v) is 9.84. The molecule has 2 aromatic rings. The van der Waals surface area contributed by atoms with Crippen LogP contribution in [0.2, 0.25) is 0 Å². The number of aliphatic carboxylic acids is 1. The molecule has 1 aromatic heterocycles. The summed E-state index contributed by atoms with van der Waals surface area (Å²) >= 11 is 0. The van der Waals surface area contributed by atoms with Crippen LogP contribution in [0.5, 0.6) is 0 Å². The van der Waals surface area contributed by atoms with Crippen LogP contribution < -0.4 is 0 Å². The average molecular weight is 261 g/mol. The molecule has 0 amide bonds. The lowest BCUT2D eigenvalue weighted by Crippen LogP contribution is -2.18. The highest BCUT2D eigenvalue weighted by atomic mass is 16.6. The van der Waals surface area contributed by atoms with Gasteiger partial charge in [0.2, 0.25) is 0 Å². The van der Waals surface area contributed by atoms with Crippen molar-refractivity contribution in [2.75, 3.05) is 0 Å². The van der Waals surface area contributed by atoms with E-state index in [4.69, 9.17) is 0 Å². The predicted octanol–water partition coefficient (Wildman–Crippen LogP) is 1.66. The van der Waals surface area contributed by atoms with Gasteiger partial charge in [0.25, 0.3) is 0 Å². The quantitative estimate of drug-likeness (QED) is 0.651. The maximum absolute atomic E-state index is 11.3. The molecule has 0 saturated carbocycles. The number of aromatic nitrogens is 2. The Kier molecular flexibility index (Phi) is 3.56. The van der Waals surface area contributed by atoms with Gasteiger partial charge in [-0.2, -0.15) is 5.10 Å². The average Bonchev–Trinajstić information content (AvgIpc) is 2.85. The van der Waals surface area contributed by atoms with Crippen LogP contribution in [0, 0.1) is 10.1 Å². The third-order valence-electron chi connectivity index (χ3n) is 2.70. The van der Waals surface area contributed by atoms with E-state index in [-0.39, 0.29) is 12.2 Å². The van der Waals surface area contributed by atoms with Crippen molar-refractivity contribution in [3.05, 3.63) is 58.4 Å². The van der Waals surface area contributed by atoms with E-state index in [1.165, 1.54) is 10.9 Å². The molecular formula is C12H11N3O4. The van der Waals surface area contributed by atoms with Gasteiger partial charge in [0.1, 0.15) is 18.3 Å². The van der Waals surface area contributed by atoms with Crippen molar-refractivity contribution in [3.63, 3.8) is 0 Å². The Hall–Kier alpha value is -2.70. The fourth-order valence-electron chi connectivity index (χ4n) is 1.75. The zero-order valence-electron chi connectivity index (χ0n) is 9.84. The first-order valence-corrected chi connectivity index (χ1v) is 5.52. The molecule has 1 atom stereocenters. The number of hydrogen-bond donors (Lipinski definition) is 1. The highest BCUT2D eigenvalue weighted by Gasteiger charge is 2.21. The normalized spacial score (nSPS) is 12.0. The molecule has 0 saturated heterocycles. The Bertz CT molecular complexity index is 594. The number of carbonyl (C=O) groups is 1. The lowest BCUT2D eigenvalue weighted by atomic mass is 9.99. The van der Waals surface area contributed by atoms with Gasteiger partial charge in [0, 0.05) is 0 Å². The molecule has 0 radical (unpaired) electrons. The third kappa shape index (κ3) is 2.95. The second kappa shape index (κ2) is 5.30. The first-order valence-electron chi connectivity index (χ1n) is 5.52. The topological polar surface area (TPSA) is 98.3 Å². The van der Waals surface area contributed by atoms with E-state index in [2.05, 4.69) is 5.10 Å².